The fourth-order valence-corrected chi connectivity index (χ4v) is 4.76. The molecule has 1 aromatic heterocycles. The number of phenolic OH excluding ortho intramolecular Hbond substituents is 1. The number of nitrogens with one attached hydrogen (secondary N) is 1. The average Bonchev–Trinajstić information content (AvgIpc) is 2.76. The molecule has 0 spiro atoms. The van der Waals surface area contributed by atoms with Crippen molar-refractivity contribution in [2.45, 2.75) is 51.0 Å². The molecule has 168 valence electrons. The van der Waals surface area contributed by atoms with Crippen LogP contribution in [0.2, 0.25) is 10.0 Å². The van der Waals surface area contributed by atoms with Crippen LogP contribution in [-0.2, 0) is 0 Å². The summed E-state index contributed by atoms with van der Waals surface area (Å²) in [5, 5.41) is 13.0. The zero-order valence-electron chi connectivity index (χ0n) is 17.4. The number of amides is 2. The number of rotatable bonds is 3. The normalized spacial score (nSPS) is 15.2. The molecule has 0 unspecified atom stereocenters. The number of phenols is 1. The molecule has 32 heavy (non-hydrogen) atoms. The number of nitrogens with zero attached hydrogens (tertiary/aromatic N) is 3. The molecular formula is C23H24Cl2N4O2S. The predicted molar refractivity (Wildman–Crippen MR) is 133 cm³/mol. The first-order valence-corrected chi connectivity index (χ1v) is 11.8. The molecule has 0 aliphatic heterocycles. The number of aromatic hydroxyl groups is 1. The summed E-state index contributed by atoms with van der Waals surface area (Å²) in [5.41, 5.74) is 2.84. The molecule has 3 aromatic rings. The second-order valence-electron chi connectivity index (χ2n) is 8.02. The van der Waals surface area contributed by atoms with Gasteiger partial charge in [-0.2, -0.15) is 0 Å². The van der Waals surface area contributed by atoms with Gasteiger partial charge in [-0.1, -0.05) is 74.2 Å². The third-order valence-electron chi connectivity index (χ3n) is 5.76. The smallest absolute Gasteiger partial charge is 0.333 e. The number of carbonyl (C=O) groups is 1. The summed E-state index contributed by atoms with van der Waals surface area (Å²) in [6.07, 6.45) is 9.35. The third-order valence-corrected chi connectivity index (χ3v) is 6.84. The fraction of sp³-hybridized carbons (Fsp3) is 0.348. The van der Waals surface area contributed by atoms with Crippen molar-refractivity contribution in [2.75, 3.05) is 5.32 Å². The lowest BCUT2D eigenvalue weighted by molar-refractivity contribution is 0.222. The quantitative estimate of drug-likeness (QED) is 0.342. The van der Waals surface area contributed by atoms with Crippen molar-refractivity contribution in [3.05, 3.63) is 46.6 Å². The van der Waals surface area contributed by atoms with Crippen molar-refractivity contribution in [1.82, 2.24) is 14.3 Å². The summed E-state index contributed by atoms with van der Waals surface area (Å²) < 4.78 is 1.49. The molecule has 0 saturated heterocycles. The monoisotopic (exact) mass is 490 g/mol. The van der Waals surface area contributed by atoms with Gasteiger partial charge in [0.25, 0.3) is 0 Å². The number of thiol groups is 1. The van der Waals surface area contributed by atoms with Gasteiger partial charge in [0.15, 0.2) is 11.6 Å². The van der Waals surface area contributed by atoms with Gasteiger partial charge in [0.1, 0.15) is 0 Å². The first-order valence-electron chi connectivity index (χ1n) is 10.7. The Bertz CT molecular complexity index is 1110. The number of anilines is 1. The molecule has 6 nitrogen and oxygen atoms in total. The van der Waals surface area contributed by atoms with Gasteiger partial charge in [-0.25, -0.2) is 9.78 Å². The minimum atomic E-state index is -0.305. The maximum atomic E-state index is 12.8. The number of fused-ring (bicyclic) bond motifs is 1. The van der Waals surface area contributed by atoms with E-state index in [1.54, 1.807) is 12.1 Å². The van der Waals surface area contributed by atoms with Crippen LogP contribution in [0, 0.1) is 0 Å². The number of benzene rings is 2. The summed E-state index contributed by atoms with van der Waals surface area (Å²) in [6, 6.07) is 8.62. The molecule has 0 atom stereocenters. The molecule has 1 aliphatic carbocycles. The van der Waals surface area contributed by atoms with E-state index in [-0.39, 0.29) is 27.9 Å². The summed E-state index contributed by atoms with van der Waals surface area (Å²) in [5.74, 6) is 0.203. The topological polar surface area (TPSA) is 78.3 Å². The van der Waals surface area contributed by atoms with E-state index in [2.05, 4.69) is 28.1 Å². The van der Waals surface area contributed by atoms with Crippen LogP contribution in [0.4, 0.5) is 10.6 Å². The van der Waals surface area contributed by atoms with Crippen LogP contribution in [0.1, 0.15) is 44.9 Å². The largest absolute Gasteiger partial charge is 0.505 e. The lowest BCUT2D eigenvalue weighted by atomic mass is 9.97. The summed E-state index contributed by atoms with van der Waals surface area (Å²) in [6.45, 7) is 0. The Morgan fingerprint density at radius 3 is 2.34 bits per heavy atom. The first-order chi connectivity index (χ1) is 15.4. The fourth-order valence-electron chi connectivity index (χ4n) is 4.00. The van der Waals surface area contributed by atoms with Crippen LogP contribution in [-0.4, -0.2) is 31.5 Å². The molecule has 0 radical (unpaired) electrons. The van der Waals surface area contributed by atoms with E-state index in [1.165, 1.54) is 29.8 Å². The Kier molecular flexibility index (Phi) is 7.28. The van der Waals surface area contributed by atoms with E-state index < -0.39 is 0 Å². The van der Waals surface area contributed by atoms with Gasteiger partial charge in [-0.05, 0) is 48.2 Å². The van der Waals surface area contributed by atoms with E-state index in [0.717, 1.165) is 36.8 Å². The molecule has 1 saturated carbocycles. The summed E-state index contributed by atoms with van der Waals surface area (Å²) in [4.78, 5) is 21.7. The highest BCUT2D eigenvalue weighted by molar-refractivity contribution is 7.78. The van der Waals surface area contributed by atoms with Crippen LogP contribution in [0.3, 0.4) is 0 Å². The number of hydrogen-bond acceptors (Lipinski definition) is 5. The van der Waals surface area contributed by atoms with Gasteiger partial charge < -0.3 is 5.11 Å². The lowest BCUT2D eigenvalue weighted by Gasteiger charge is -2.28. The maximum Gasteiger partial charge on any atom is 0.333 e. The van der Waals surface area contributed by atoms with Gasteiger partial charge in [-0.15, -0.1) is 0 Å². The number of aromatic nitrogens is 2. The Labute approximate surface area is 202 Å². The predicted octanol–water partition coefficient (Wildman–Crippen LogP) is 7.10. The highest BCUT2D eigenvalue weighted by Gasteiger charge is 2.22. The summed E-state index contributed by atoms with van der Waals surface area (Å²) in [7, 11) is 0. The number of halogens is 2. The molecule has 1 heterocycles. The van der Waals surface area contributed by atoms with E-state index in [9.17, 15) is 9.90 Å². The van der Waals surface area contributed by atoms with Crippen molar-refractivity contribution in [3.63, 3.8) is 0 Å². The lowest BCUT2D eigenvalue weighted by Crippen LogP contribution is -2.36. The van der Waals surface area contributed by atoms with Crippen molar-refractivity contribution in [3.8, 4) is 16.9 Å². The SMILES string of the molecule is O=C(Nc1cnc2ccc(-c3cc(Cl)c(O)c(Cl)c3)cc2n1)N(S)C1CCCCCCC1. The van der Waals surface area contributed by atoms with Gasteiger partial charge in [0.05, 0.1) is 27.3 Å². The average molecular weight is 491 g/mol. The minimum absolute atomic E-state index is 0.114. The molecular weight excluding hydrogens is 467 g/mol. The van der Waals surface area contributed by atoms with Crippen molar-refractivity contribution >= 4 is 58.9 Å². The van der Waals surface area contributed by atoms with Crippen molar-refractivity contribution < 1.29 is 9.90 Å². The highest BCUT2D eigenvalue weighted by atomic mass is 35.5. The van der Waals surface area contributed by atoms with Crippen molar-refractivity contribution in [2.24, 2.45) is 0 Å². The Morgan fingerprint density at radius 2 is 1.66 bits per heavy atom. The van der Waals surface area contributed by atoms with Crippen LogP contribution < -0.4 is 5.32 Å². The number of hydrogen-bond donors (Lipinski definition) is 3. The molecule has 2 aromatic carbocycles. The second kappa shape index (κ2) is 10.1. The molecule has 2 amide bonds. The zero-order chi connectivity index (χ0) is 22.7. The number of carbonyl (C=O) groups excluding carboxylic acids is 1. The third kappa shape index (κ3) is 5.22. The molecule has 9 heteroatoms. The van der Waals surface area contributed by atoms with Crippen LogP contribution in [0.5, 0.6) is 5.75 Å². The summed E-state index contributed by atoms with van der Waals surface area (Å²) >= 11 is 16.6. The van der Waals surface area contributed by atoms with Gasteiger partial charge in [0.2, 0.25) is 0 Å². The Morgan fingerprint density at radius 1 is 1.00 bits per heavy atom. The first kappa shape index (κ1) is 23.0. The van der Waals surface area contributed by atoms with Gasteiger partial charge >= 0.3 is 6.03 Å². The molecule has 2 N–H and O–H groups in total. The van der Waals surface area contributed by atoms with E-state index in [4.69, 9.17) is 23.2 Å². The van der Waals surface area contributed by atoms with Gasteiger partial charge in [0, 0.05) is 6.04 Å². The van der Waals surface area contributed by atoms with E-state index >= 15 is 0 Å². The van der Waals surface area contributed by atoms with Crippen LogP contribution >= 0.6 is 36.0 Å². The molecule has 1 fully saturated rings. The van der Waals surface area contributed by atoms with Crippen LogP contribution in [0.15, 0.2) is 36.5 Å². The van der Waals surface area contributed by atoms with Crippen molar-refractivity contribution in [1.29, 1.82) is 0 Å². The minimum Gasteiger partial charge on any atom is -0.505 e. The Hall–Kier alpha value is -2.22. The van der Waals surface area contributed by atoms with E-state index in [0.29, 0.717) is 16.9 Å². The maximum absolute atomic E-state index is 12.8. The Balaban J connectivity index is 1.54. The zero-order valence-corrected chi connectivity index (χ0v) is 19.8. The molecule has 4 rings (SSSR count). The molecule has 1 aliphatic rings. The molecule has 0 bridgehead atoms. The standard InChI is InChI=1S/C23H24Cl2N4O2S/c24-17-10-15(11-18(25)22(17)30)14-8-9-19-20(12-14)27-21(13-26-19)28-23(31)29(32)16-6-4-2-1-3-5-7-16/h8-13,16,30,32H,1-7H2,(H,27,28,31). The van der Waals surface area contributed by atoms with Crippen LogP contribution in [0.25, 0.3) is 22.2 Å². The van der Waals surface area contributed by atoms with Gasteiger partial charge in [-0.3, -0.25) is 14.6 Å². The second-order valence-corrected chi connectivity index (χ2v) is 9.27. The van der Waals surface area contributed by atoms with E-state index in [1.807, 2.05) is 18.2 Å². The highest BCUT2D eigenvalue weighted by Crippen LogP contribution is 2.37. The number of urea groups is 1.